The van der Waals surface area contributed by atoms with E-state index in [-0.39, 0.29) is 0 Å². The molecule has 1 aromatic heterocycles. The van der Waals surface area contributed by atoms with Crippen LogP contribution in [0.4, 0.5) is 0 Å². The van der Waals surface area contributed by atoms with E-state index in [1.807, 2.05) is 37.5 Å². The van der Waals surface area contributed by atoms with Crippen LogP contribution in [-0.4, -0.2) is 13.0 Å². The van der Waals surface area contributed by atoms with Gasteiger partial charge in [0, 0.05) is 12.1 Å². The largest absolute Gasteiger partial charge is 0.273 e. The van der Waals surface area contributed by atoms with Crippen molar-refractivity contribution in [3.8, 4) is 0 Å². The minimum Gasteiger partial charge on any atom is -0.273 e. The minimum atomic E-state index is 0.748. The number of carbonyl (C=O) groups excluding carboxylic acids is 1. The number of hydrogen-bond donors (Lipinski definition) is 0. The molecule has 0 aliphatic rings. The summed E-state index contributed by atoms with van der Waals surface area (Å²) in [5.41, 5.74) is 0. The molecule has 0 fully saturated rings. The Labute approximate surface area is 72.2 Å². The Balaban J connectivity index is 2.73. The van der Waals surface area contributed by atoms with Gasteiger partial charge in [0.2, 0.25) is 0 Å². The number of aromatic nitrogens is 1. The van der Waals surface area contributed by atoms with Crippen LogP contribution in [-0.2, 0) is 4.79 Å². The van der Waals surface area contributed by atoms with E-state index in [1.165, 1.54) is 0 Å². The second kappa shape index (κ2) is 4.49. The third-order valence-corrected chi connectivity index (χ3v) is 1.57. The first kappa shape index (κ1) is 8.71. The van der Waals surface area contributed by atoms with Gasteiger partial charge >= 0.3 is 0 Å². The van der Waals surface area contributed by atoms with Gasteiger partial charge in [0.15, 0.2) is 12.4 Å². The number of pyridine rings is 1. The predicted molar refractivity (Wildman–Crippen MR) is 46.1 cm³/mol. The van der Waals surface area contributed by atoms with Crippen molar-refractivity contribution in [3.05, 3.63) is 30.6 Å². The molecule has 1 amide bonds. The Morgan fingerprint density at radius 1 is 1.33 bits per heavy atom. The van der Waals surface area contributed by atoms with Crippen LogP contribution in [0.15, 0.2) is 30.6 Å². The van der Waals surface area contributed by atoms with Crippen molar-refractivity contribution in [2.75, 3.05) is 11.6 Å². The van der Waals surface area contributed by atoms with Crippen molar-refractivity contribution in [3.63, 3.8) is 0 Å². The molecule has 0 saturated heterocycles. The van der Waals surface area contributed by atoms with Crippen LogP contribution >= 0.6 is 0 Å². The van der Waals surface area contributed by atoms with E-state index in [0.717, 1.165) is 19.4 Å². The van der Waals surface area contributed by atoms with Crippen LogP contribution in [0.25, 0.3) is 0 Å². The standard InChI is InChI=1S/C9H13N2O/c1-2-6-11(9-12)10-7-4-3-5-8-10/h3-5,7-9H,2,6H2,1H3/q+1. The Bertz CT molecular complexity index is 236. The molecule has 0 bridgehead atoms. The van der Waals surface area contributed by atoms with Crippen LogP contribution < -0.4 is 9.69 Å². The summed E-state index contributed by atoms with van der Waals surface area (Å²) in [6.07, 6.45) is 5.50. The average molecular weight is 165 g/mol. The van der Waals surface area contributed by atoms with Gasteiger partial charge in [-0.25, -0.2) is 0 Å². The molecule has 3 nitrogen and oxygen atoms in total. The van der Waals surface area contributed by atoms with E-state index in [0.29, 0.717) is 0 Å². The average Bonchev–Trinajstić information content (AvgIpc) is 2.15. The molecule has 0 saturated carbocycles. The summed E-state index contributed by atoms with van der Waals surface area (Å²) >= 11 is 0. The molecule has 0 aliphatic heterocycles. The highest BCUT2D eigenvalue weighted by Gasteiger charge is 2.08. The molecule has 0 aromatic carbocycles. The lowest BCUT2D eigenvalue weighted by molar-refractivity contribution is -0.682. The summed E-state index contributed by atoms with van der Waals surface area (Å²) in [6.45, 7) is 2.79. The van der Waals surface area contributed by atoms with E-state index in [2.05, 4.69) is 0 Å². The zero-order valence-electron chi connectivity index (χ0n) is 7.18. The molecule has 1 rings (SSSR count). The van der Waals surface area contributed by atoms with E-state index in [1.54, 1.807) is 9.69 Å². The molecule has 3 heteroatoms. The maximum Gasteiger partial charge on any atom is 0.265 e. The molecular formula is C9H13N2O+. The first-order valence-electron chi connectivity index (χ1n) is 4.07. The Kier molecular flexibility index (Phi) is 3.26. The van der Waals surface area contributed by atoms with Crippen molar-refractivity contribution >= 4 is 6.41 Å². The summed E-state index contributed by atoms with van der Waals surface area (Å²) in [6, 6.07) is 5.71. The maximum atomic E-state index is 10.6. The number of carbonyl (C=O) groups is 1. The van der Waals surface area contributed by atoms with Crippen molar-refractivity contribution in [1.82, 2.24) is 0 Å². The van der Waals surface area contributed by atoms with Crippen LogP contribution in [0, 0.1) is 0 Å². The molecule has 1 heterocycles. The molecule has 0 spiro atoms. The van der Waals surface area contributed by atoms with Gasteiger partial charge in [-0.2, -0.15) is 0 Å². The third-order valence-electron chi connectivity index (χ3n) is 1.57. The smallest absolute Gasteiger partial charge is 0.265 e. The first-order valence-corrected chi connectivity index (χ1v) is 4.07. The molecular weight excluding hydrogens is 152 g/mol. The molecule has 0 atom stereocenters. The molecule has 12 heavy (non-hydrogen) atoms. The second-order valence-corrected chi connectivity index (χ2v) is 2.52. The molecule has 0 unspecified atom stereocenters. The lowest BCUT2D eigenvalue weighted by Gasteiger charge is -2.07. The zero-order valence-corrected chi connectivity index (χ0v) is 7.18. The van der Waals surface area contributed by atoms with Crippen LogP contribution in [0.1, 0.15) is 13.3 Å². The van der Waals surface area contributed by atoms with Gasteiger partial charge in [0.25, 0.3) is 6.41 Å². The Morgan fingerprint density at radius 2 is 2.00 bits per heavy atom. The van der Waals surface area contributed by atoms with E-state index in [9.17, 15) is 4.79 Å². The van der Waals surface area contributed by atoms with Crippen LogP contribution in [0.2, 0.25) is 0 Å². The second-order valence-electron chi connectivity index (χ2n) is 2.52. The van der Waals surface area contributed by atoms with E-state index < -0.39 is 0 Å². The zero-order chi connectivity index (χ0) is 8.81. The SMILES string of the molecule is CCCN(C=O)[n+]1ccccc1. The Morgan fingerprint density at radius 3 is 2.50 bits per heavy atom. The molecule has 0 N–H and O–H groups in total. The summed E-state index contributed by atoms with van der Waals surface area (Å²) < 4.78 is 1.77. The van der Waals surface area contributed by atoms with Crippen molar-refractivity contribution in [1.29, 1.82) is 0 Å². The fraction of sp³-hybridized carbons (Fsp3) is 0.333. The van der Waals surface area contributed by atoms with Gasteiger partial charge in [-0.3, -0.25) is 4.79 Å². The number of hydrogen-bond acceptors (Lipinski definition) is 1. The monoisotopic (exact) mass is 165 g/mol. The van der Waals surface area contributed by atoms with Gasteiger partial charge in [-0.1, -0.05) is 17.7 Å². The third kappa shape index (κ3) is 2.05. The Hall–Kier alpha value is -1.38. The summed E-state index contributed by atoms with van der Waals surface area (Å²) in [5, 5.41) is 1.62. The number of rotatable bonds is 4. The van der Waals surface area contributed by atoms with Gasteiger partial charge in [-0.15, -0.1) is 5.01 Å². The normalized spacial score (nSPS) is 9.42. The highest BCUT2D eigenvalue weighted by molar-refractivity contribution is 5.57. The van der Waals surface area contributed by atoms with Crippen molar-refractivity contribution in [2.45, 2.75) is 13.3 Å². The fourth-order valence-electron chi connectivity index (χ4n) is 1.01. The molecule has 0 radical (unpaired) electrons. The van der Waals surface area contributed by atoms with E-state index >= 15 is 0 Å². The van der Waals surface area contributed by atoms with Crippen LogP contribution in [0.3, 0.4) is 0 Å². The van der Waals surface area contributed by atoms with Gasteiger partial charge < -0.3 is 0 Å². The lowest BCUT2D eigenvalue weighted by atomic mass is 10.5. The van der Waals surface area contributed by atoms with E-state index in [4.69, 9.17) is 0 Å². The van der Waals surface area contributed by atoms with Crippen LogP contribution in [0.5, 0.6) is 0 Å². The lowest BCUT2D eigenvalue weighted by Crippen LogP contribution is -2.56. The maximum absolute atomic E-state index is 10.6. The topological polar surface area (TPSA) is 24.2 Å². The van der Waals surface area contributed by atoms with Gasteiger partial charge in [0.05, 0.1) is 6.54 Å². The summed E-state index contributed by atoms with van der Waals surface area (Å²) in [7, 11) is 0. The highest BCUT2D eigenvalue weighted by Crippen LogP contribution is 1.81. The molecule has 1 aromatic rings. The molecule has 64 valence electrons. The minimum absolute atomic E-state index is 0.748. The summed E-state index contributed by atoms with van der Waals surface area (Å²) in [5.74, 6) is 0. The van der Waals surface area contributed by atoms with Gasteiger partial charge in [-0.05, 0) is 6.42 Å². The quantitative estimate of drug-likeness (QED) is 0.470. The number of nitrogens with zero attached hydrogens (tertiary/aromatic N) is 2. The summed E-state index contributed by atoms with van der Waals surface area (Å²) in [4.78, 5) is 10.6. The van der Waals surface area contributed by atoms with Gasteiger partial charge in [0.1, 0.15) is 0 Å². The highest BCUT2D eigenvalue weighted by atomic mass is 16.1. The first-order chi connectivity index (χ1) is 5.88. The fourth-order valence-corrected chi connectivity index (χ4v) is 1.01. The van der Waals surface area contributed by atoms with Crippen molar-refractivity contribution in [2.24, 2.45) is 0 Å². The number of amides is 1. The van der Waals surface area contributed by atoms with Crippen molar-refractivity contribution < 1.29 is 9.47 Å². The predicted octanol–water partition coefficient (Wildman–Crippen LogP) is 0.478. The molecule has 0 aliphatic carbocycles.